The highest BCUT2D eigenvalue weighted by atomic mass is 19.1. The lowest BCUT2D eigenvalue weighted by molar-refractivity contribution is -0.126. The Hall–Kier alpha value is -3.25. The Morgan fingerprint density at radius 1 is 1.03 bits per heavy atom. The van der Waals surface area contributed by atoms with Gasteiger partial charge in [0.2, 0.25) is 5.91 Å². The number of para-hydroxylation sites is 1. The number of amides is 1. The van der Waals surface area contributed by atoms with Gasteiger partial charge in [-0.15, -0.1) is 0 Å². The molecule has 1 fully saturated rings. The molecule has 1 saturated heterocycles. The molecule has 164 valence electrons. The number of rotatable bonds is 5. The fourth-order valence-electron chi connectivity index (χ4n) is 4.93. The summed E-state index contributed by atoms with van der Waals surface area (Å²) in [6.45, 7) is 3.82. The number of benzene rings is 2. The zero-order valence-electron chi connectivity index (χ0n) is 18.0. The van der Waals surface area contributed by atoms with Crippen molar-refractivity contribution in [3.63, 3.8) is 0 Å². The van der Waals surface area contributed by atoms with E-state index in [2.05, 4.69) is 44.4 Å². The third-order valence-corrected chi connectivity index (χ3v) is 6.55. The molecule has 5 nitrogen and oxygen atoms in total. The fourth-order valence-corrected chi connectivity index (χ4v) is 4.93. The van der Waals surface area contributed by atoms with Gasteiger partial charge in [-0.2, -0.15) is 0 Å². The highest BCUT2D eigenvalue weighted by Gasteiger charge is 2.41. The monoisotopic (exact) mass is 430 g/mol. The predicted octanol–water partition coefficient (Wildman–Crippen LogP) is 3.40. The van der Waals surface area contributed by atoms with Gasteiger partial charge >= 0.3 is 0 Å². The van der Waals surface area contributed by atoms with Crippen molar-refractivity contribution in [2.24, 2.45) is 5.92 Å². The number of fused-ring (bicyclic) bond motifs is 3. The molecule has 2 aromatic carbocycles. The van der Waals surface area contributed by atoms with Gasteiger partial charge < -0.3 is 10.2 Å². The van der Waals surface area contributed by atoms with Crippen LogP contribution in [0, 0.1) is 11.7 Å². The van der Waals surface area contributed by atoms with Crippen LogP contribution in [0.15, 0.2) is 73.1 Å². The number of carbonyl (C=O) groups excluding carboxylic acids is 1. The number of nitrogens with zero attached hydrogens (tertiary/aromatic N) is 3. The van der Waals surface area contributed by atoms with Gasteiger partial charge in [-0.3, -0.25) is 14.7 Å². The van der Waals surface area contributed by atoms with E-state index >= 15 is 0 Å². The average molecular weight is 431 g/mol. The number of aromatic nitrogens is 1. The van der Waals surface area contributed by atoms with Crippen LogP contribution in [0.2, 0.25) is 0 Å². The second kappa shape index (κ2) is 9.09. The normalized spacial score (nSPS) is 20.3. The summed E-state index contributed by atoms with van der Waals surface area (Å²) < 4.78 is 13.3. The van der Waals surface area contributed by atoms with Gasteiger partial charge in [-0.25, -0.2) is 4.39 Å². The Morgan fingerprint density at radius 3 is 2.69 bits per heavy atom. The second-order valence-corrected chi connectivity index (χ2v) is 8.64. The van der Waals surface area contributed by atoms with E-state index in [1.54, 1.807) is 12.4 Å². The topological polar surface area (TPSA) is 48.5 Å². The van der Waals surface area contributed by atoms with Crippen LogP contribution >= 0.6 is 0 Å². The smallest absolute Gasteiger partial charge is 0.225 e. The summed E-state index contributed by atoms with van der Waals surface area (Å²) in [4.78, 5) is 22.2. The van der Waals surface area contributed by atoms with E-state index in [4.69, 9.17) is 0 Å². The van der Waals surface area contributed by atoms with E-state index in [1.165, 1.54) is 23.4 Å². The molecule has 32 heavy (non-hydrogen) atoms. The first-order chi connectivity index (χ1) is 15.7. The van der Waals surface area contributed by atoms with Crippen LogP contribution in [-0.4, -0.2) is 41.5 Å². The maximum Gasteiger partial charge on any atom is 0.225 e. The molecule has 0 bridgehead atoms. The van der Waals surface area contributed by atoms with Gasteiger partial charge in [0.1, 0.15) is 5.82 Å². The third-order valence-electron chi connectivity index (χ3n) is 6.55. The van der Waals surface area contributed by atoms with E-state index < -0.39 is 0 Å². The number of piperazine rings is 1. The van der Waals surface area contributed by atoms with E-state index in [1.807, 2.05) is 24.3 Å². The molecule has 0 radical (unpaired) electrons. The Labute approximate surface area is 187 Å². The van der Waals surface area contributed by atoms with Gasteiger partial charge in [0.05, 0.1) is 12.0 Å². The highest BCUT2D eigenvalue weighted by Crippen LogP contribution is 2.36. The van der Waals surface area contributed by atoms with Gasteiger partial charge in [0, 0.05) is 50.8 Å². The standard InChI is InChI=1S/C26H27FN4O/c27-22-9-7-19(8-10-22)17-30-12-13-31-24-6-2-1-5-21(24)14-23(25(31)18-30)26(32)29-16-20-4-3-11-28-15-20/h1-11,15,23,25H,12-14,16-18H2,(H,29,32)/t23-,25+/m1/s1. The van der Waals surface area contributed by atoms with Crippen molar-refractivity contribution in [2.75, 3.05) is 24.5 Å². The molecule has 0 unspecified atom stereocenters. The van der Waals surface area contributed by atoms with Gasteiger partial charge in [0.25, 0.3) is 0 Å². The summed E-state index contributed by atoms with van der Waals surface area (Å²) in [5.41, 5.74) is 4.57. The quantitative estimate of drug-likeness (QED) is 0.674. The van der Waals surface area contributed by atoms with Crippen LogP contribution in [0.4, 0.5) is 10.1 Å². The minimum absolute atomic E-state index is 0.0852. The van der Waals surface area contributed by atoms with Crippen molar-refractivity contribution in [3.8, 4) is 0 Å². The molecule has 1 amide bonds. The van der Waals surface area contributed by atoms with Crippen molar-refractivity contribution in [2.45, 2.75) is 25.6 Å². The fraction of sp³-hybridized carbons (Fsp3) is 0.308. The lowest BCUT2D eigenvalue weighted by Crippen LogP contribution is -2.60. The molecule has 0 spiro atoms. The van der Waals surface area contributed by atoms with E-state index in [0.717, 1.165) is 43.7 Å². The highest BCUT2D eigenvalue weighted by molar-refractivity contribution is 5.82. The number of halogens is 1. The summed E-state index contributed by atoms with van der Waals surface area (Å²) >= 11 is 0. The minimum atomic E-state index is -0.215. The lowest BCUT2D eigenvalue weighted by atomic mass is 9.83. The van der Waals surface area contributed by atoms with E-state index in [9.17, 15) is 9.18 Å². The number of pyridine rings is 1. The second-order valence-electron chi connectivity index (χ2n) is 8.64. The molecule has 6 heteroatoms. The summed E-state index contributed by atoms with van der Waals surface area (Å²) in [6, 6.07) is 19.1. The van der Waals surface area contributed by atoms with Crippen molar-refractivity contribution in [1.29, 1.82) is 0 Å². The molecule has 2 aliphatic rings. The first-order valence-corrected chi connectivity index (χ1v) is 11.2. The zero-order valence-corrected chi connectivity index (χ0v) is 18.0. The Morgan fingerprint density at radius 2 is 1.88 bits per heavy atom. The van der Waals surface area contributed by atoms with Crippen LogP contribution in [0.3, 0.4) is 0 Å². The zero-order chi connectivity index (χ0) is 21.9. The molecule has 5 rings (SSSR count). The third kappa shape index (κ3) is 4.36. The first-order valence-electron chi connectivity index (χ1n) is 11.2. The van der Waals surface area contributed by atoms with Gasteiger partial charge in [0.15, 0.2) is 0 Å². The van der Waals surface area contributed by atoms with Crippen molar-refractivity contribution in [1.82, 2.24) is 15.2 Å². The number of anilines is 1. The molecular formula is C26H27FN4O. The SMILES string of the molecule is O=C(NCc1cccnc1)[C@@H]1Cc2ccccc2N2CCN(Cc3ccc(F)cc3)C[C@@H]12. The Balaban J connectivity index is 1.34. The lowest BCUT2D eigenvalue weighted by Gasteiger charge is -2.49. The summed E-state index contributed by atoms with van der Waals surface area (Å²) in [6.07, 6.45) is 4.26. The molecule has 2 aliphatic heterocycles. The predicted molar refractivity (Wildman–Crippen MR) is 123 cm³/mol. The van der Waals surface area contributed by atoms with E-state index in [-0.39, 0.29) is 23.7 Å². The average Bonchev–Trinajstić information content (AvgIpc) is 2.84. The molecule has 1 N–H and O–H groups in total. The molecular weight excluding hydrogens is 403 g/mol. The number of carbonyl (C=O) groups is 1. The van der Waals surface area contributed by atoms with Crippen molar-refractivity contribution >= 4 is 11.6 Å². The number of hydrogen-bond acceptors (Lipinski definition) is 4. The molecule has 1 aromatic heterocycles. The largest absolute Gasteiger partial charge is 0.365 e. The molecule has 2 atom stereocenters. The van der Waals surface area contributed by atoms with Crippen LogP contribution in [-0.2, 0) is 24.3 Å². The first kappa shape index (κ1) is 20.6. The summed E-state index contributed by atoms with van der Waals surface area (Å²) in [5.74, 6) is -0.257. The Bertz CT molecular complexity index is 1070. The van der Waals surface area contributed by atoms with Gasteiger partial charge in [-0.05, 0) is 47.4 Å². The van der Waals surface area contributed by atoms with Crippen molar-refractivity contribution in [3.05, 3.63) is 95.6 Å². The number of nitrogens with one attached hydrogen (secondary N) is 1. The summed E-state index contributed by atoms with van der Waals surface area (Å²) in [7, 11) is 0. The van der Waals surface area contributed by atoms with Crippen LogP contribution in [0.5, 0.6) is 0 Å². The molecule has 3 heterocycles. The molecule has 0 aliphatic carbocycles. The van der Waals surface area contributed by atoms with Crippen LogP contribution in [0.25, 0.3) is 0 Å². The molecule has 3 aromatic rings. The summed E-state index contributed by atoms with van der Waals surface area (Å²) in [5, 5.41) is 3.14. The Kier molecular flexibility index (Phi) is 5.86. The van der Waals surface area contributed by atoms with Crippen molar-refractivity contribution < 1.29 is 9.18 Å². The van der Waals surface area contributed by atoms with Crippen LogP contribution < -0.4 is 10.2 Å². The van der Waals surface area contributed by atoms with Gasteiger partial charge in [-0.1, -0.05) is 36.4 Å². The maximum absolute atomic E-state index is 13.3. The van der Waals surface area contributed by atoms with Crippen LogP contribution in [0.1, 0.15) is 16.7 Å². The van der Waals surface area contributed by atoms with E-state index in [0.29, 0.717) is 6.54 Å². The number of hydrogen-bond donors (Lipinski definition) is 1. The molecule has 0 saturated carbocycles. The minimum Gasteiger partial charge on any atom is -0.365 e. The maximum atomic E-state index is 13.3.